The van der Waals surface area contributed by atoms with Crippen molar-refractivity contribution in [3.8, 4) is 0 Å². The summed E-state index contributed by atoms with van der Waals surface area (Å²) in [6.45, 7) is 5.74. The Bertz CT molecular complexity index is 976. The molecule has 0 radical (unpaired) electrons. The number of phosphoric acid groups is 1. The molecule has 0 aliphatic heterocycles. The average Bonchev–Trinajstić information content (AvgIpc) is 3.09. The molecule has 0 fully saturated rings. The fourth-order valence-corrected chi connectivity index (χ4v) is 5.75. The molecule has 4 N–H and O–H groups in total. The number of carbonyl (C=O) groups excluding carboxylic acids is 2. The highest BCUT2D eigenvalue weighted by atomic mass is 31.2. The van der Waals surface area contributed by atoms with E-state index in [0.29, 0.717) is 6.42 Å². The summed E-state index contributed by atoms with van der Waals surface area (Å²) >= 11 is 0. The molecular formula is C40H73O10P. The Morgan fingerprint density at radius 2 is 1.22 bits per heavy atom. The largest absolute Gasteiger partial charge is 0.469 e. The first-order valence-corrected chi connectivity index (χ1v) is 21.4. The van der Waals surface area contributed by atoms with Crippen LogP contribution in [-0.4, -0.2) is 63.5 Å². The van der Waals surface area contributed by atoms with E-state index in [9.17, 15) is 24.4 Å². The van der Waals surface area contributed by atoms with E-state index in [1.54, 1.807) is 0 Å². The van der Waals surface area contributed by atoms with Gasteiger partial charge in [0.15, 0.2) is 6.10 Å². The van der Waals surface area contributed by atoms with Gasteiger partial charge >= 0.3 is 19.8 Å². The summed E-state index contributed by atoms with van der Waals surface area (Å²) in [6.07, 6.45) is 30.4. The van der Waals surface area contributed by atoms with Crippen LogP contribution in [0, 0.1) is 5.92 Å². The predicted octanol–water partition coefficient (Wildman–Crippen LogP) is 9.59. The van der Waals surface area contributed by atoms with Crippen LogP contribution in [0.15, 0.2) is 36.5 Å². The van der Waals surface area contributed by atoms with Crippen LogP contribution < -0.4 is 0 Å². The van der Waals surface area contributed by atoms with Crippen LogP contribution in [0.3, 0.4) is 0 Å². The van der Waals surface area contributed by atoms with Crippen molar-refractivity contribution >= 4 is 19.8 Å². The first-order valence-electron chi connectivity index (χ1n) is 19.8. The van der Waals surface area contributed by atoms with Crippen LogP contribution in [0.1, 0.15) is 168 Å². The van der Waals surface area contributed by atoms with Gasteiger partial charge in [-0.15, -0.1) is 0 Å². The lowest BCUT2D eigenvalue weighted by Gasteiger charge is -2.19. The van der Waals surface area contributed by atoms with Crippen molar-refractivity contribution in [1.82, 2.24) is 0 Å². The third-order valence-electron chi connectivity index (χ3n) is 8.90. The molecule has 0 heterocycles. The number of allylic oxidation sites excluding steroid dienone is 5. The fourth-order valence-electron chi connectivity index (χ4n) is 5.39. The second-order valence-electron chi connectivity index (χ2n) is 13.8. The highest BCUT2D eigenvalue weighted by Crippen LogP contribution is 2.36. The molecule has 298 valence electrons. The molecule has 0 aliphatic rings. The Hall–Kier alpha value is -1.81. The van der Waals surface area contributed by atoms with Gasteiger partial charge in [-0.25, -0.2) is 4.57 Å². The molecule has 0 bridgehead atoms. The first-order chi connectivity index (χ1) is 24.5. The lowest BCUT2D eigenvalue weighted by molar-refractivity contribution is -0.161. The number of unbranched alkanes of at least 4 members (excludes halogenated alkanes) is 12. The standard InChI is InChI=1S/C40H73O10P/c1-4-6-7-8-9-10-11-12-16-19-22-25-29-37(41)38(42)30-27-32-40(44)50-36(34-49-51(45,46)47)33-48-39(43)31-26-23-20-17-14-13-15-18-21-24-28-35(3)5-2/h9-10,12,16,22,25,35-38,41-42H,4-8,11,13-15,17-21,23-24,26-34H2,1-3H3,(H2,45,46,47)/b10-9-,16-12-,25-22-/t35?,36-,37?,38?/m1/s1. The molecule has 11 heteroatoms. The maximum absolute atomic E-state index is 12.4. The lowest BCUT2D eigenvalue weighted by Crippen LogP contribution is -2.30. The molecule has 10 nitrogen and oxygen atoms in total. The Morgan fingerprint density at radius 1 is 0.647 bits per heavy atom. The van der Waals surface area contributed by atoms with Crippen molar-refractivity contribution < 1.29 is 48.2 Å². The summed E-state index contributed by atoms with van der Waals surface area (Å²) in [4.78, 5) is 42.8. The summed E-state index contributed by atoms with van der Waals surface area (Å²) in [6, 6.07) is 0. The van der Waals surface area contributed by atoms with E-state index in [2.05, 4.69) is 49.6 Å². The van der Waals surface area contributed by atoms with Crippen molar-refractivity contribution in [2.24, 2.45) is 5.92 Å². The molecule has 0 rings (SSSR count). The normalized spacial score (nSPS) is 14.7. The van der Waals surface area contributed by atoms with Crippen molar-refractivity contribution in [2.45, 2.75) is 187 Å². The third kappa shape index (κ3) is 35.0. The lowest BCUT2D eigenvalue weighted by atomic mass is 9.99. The second kappa shape index (κ2) is 34.0. The summed E-state index contributed by atoms with van der Waals surface area (Å²) in [5, 5.41) is 20.5. The van der Waals surface area contributed by atoms with Crippen LogP contribution in [0.5, 0.6) is 0 Å². The zero-order chi connectivity index (χ0) is 38.0. The highest BCUT2D eigenvalue weighted by Gasteiger charge is 2.23. The Kier molecular flexibility index (Phi) is 32.8. The monoisotopic (exact) mass is 744 g/mol. The van der Waals surface area contributed by atoms with E-state index in [0.717, 1.165) is 44.4 Å². The van der Waals surface area contributed by atoms with Gasteiger partial charge in [0.1, 0.15) is 6.61 Å². The Morgan fingerprint density at radius 3 is 1.82 bits per heavy atom. The van der Waals surface area contributed by atoms with Gasteiger partial charge in [0.25, 0.3) is 0 Å². The molecule has 0 saturated carbocycles. The molecule has 0 saturated heterocycles. The van der Waals surface area contributed by atoms with Gasteiger partial charge in [-0.3, -0.25) is 14.1 Å². The molecule has 4 atom stereocenters. The minimum Gasteiger partial charge on any atom is -0.462 e. The fraction of sp³-hybridized carbons (Fsp3) is 0.800. The summed E-state index contributed by atoms with van der Waals surface area (Å²) < 4.78 is 26.2. The number of carbonyl (C=O) groups is 2. The number of phosphoric ester groups is 1. The van der Waals surface area contributed by atoms with Crippen molar-refractivity contribution in [3.05, 3.63) is 36.5 Å². The van der Waals surface area contributed by atoms with E-state index in [1.165, 1.54) is 70.6 Å². The molecule has 51 heavy (non-hydrogen) atoms. The van der Waals surface area contributed by atoms with Crippen molar-refractivity contribution in [3.63, 3.8) is 0 Å². The minimum atomic E-state index is -4.83. The Labute approximate surface area is 309 Å². The van der Waals surface area contributed by atoms with Crippen LogP contribution in [0.25, 0.3) is 0 Å². The van der Waals surface area contributed by atoms with E-state index >= 15 is 0 Å². The zero-order valence-electron chi connectivity index (χ0n) is 32.1. The average molecular weight is 745 g/mol. The van der Waals surface area contributed by atoms with Gasteiger partial charge in [0, 0.05) is 12.8 Å². The van der Waals surface area contributed by atoms with Crippen LogP contribution in [0.4, 0.5) is 0 Å². The minimum absolute atomic E-state index is 0.101. The van der Waals surface area contributed by atoms with Gasteiger partial charge in [-0.1, -0.05) is 141 Å². The zero-order valence-corrected chi connectivity index (χ0v) is 33.0. The Balaban J connectivity index is 4.22. The van der Waals surface area contributed by atoms with Crippen LogP contribution in [0.2, 0.25) is 0 Å². The molecule has 0 amide bonds. The van der Waals surface area contributed by atoms with E-state index in [1.807, 2.05) is 12.2 Å². The van der Waals surface area contributed by atoms with E-state index < -0.39 is 44.7 Å². The summed E-state index contributed by atoms with van der Waals surface area (Å²) in [5.74, 6) is -0.334. The highest BCUT2D eigenvalue weighted by molar-refractivity contribution is 7.46. The van der Waals surface area contributed by atoms with Gasteiger partial charge < -0.3 is 29.5 Å². The third-order valence-corrected chi connectivity index (χ3v) is 9.39. The molecular weight excluding hydrogens is 671 g/mol. The van der Waals surface area contributed by atoms with Gasteiger partial charge in [-0.2, -0.15) is 0 Å². The molecule has 0 aromatic heterocycles. The molecule has 0 spiro atoms. The maximum Gasteiger partial charge on any atom is 0.469 e. The maximum atomic E-state index is 12.4. The molecule has 3 unspecified atom stereocenters. The quantitative estimate of drug-likeness (QED) is 0.0213. The van der Waals surface area contributed by atoms with E-state index in [-0.39, 0.29) is 38.7 Å². The van der Waals surface area contributed by atoms with Gasteiger partial charge in [-0.05, 0) is 57.3 Å². The van der Waals surface area contributed by atoms with Crippen molar-refractivity contribution in [1.29, 1.82) is 0 Å². The second-order valence-corrected chi connectivity index (χ2v) is 15.1. The van der Waals surface area contributed by atoms with Crippen LogP contribution in [-0.2, 0) is 28.2 Å². The summed E-state index contributed by atoms with van der Waals surface area (Å²) in [5.41, 5.74) is 0. The molecule has 0 aliphatic carbocycles. The number of hydrogen-bond donors (Lipinski definition) is 4. The number of ether oxygens (including phenoxy) is 2. The van der Waals surface area contributed by atoms with Crippen LogP contribution >= 0.6 is 7.82 Å². The molecule has 0 aromatic carbocycles. The predicted molar refractivity (Wildman–Crippen MR) is 205 cm³/mol. The number of rotatable bonds is 35. The molecule has 0 aromatic rings. The first kappa shape index (κ1) is 49.2. The van der Waals surface area contributed by atoms with Gasteiger partial charge in [0.05, 0.1) is 18.8 Å². The summed E-state index contributed by atoms with van der Waals surface area (Å²) in [7, 11) is -4.83. The number of hydrogen-bond acceptors (Lipinski definition) is 8. The topological polar surface area (TPSA) is 160 Å². The smallest absolute Gasteiger partial charge is 0.462 e. The van der Waals surface area contributed by atoms with E-state index in [4.69, 9.17) is 19.3 Å². The van der Waals surface area contributed by atoms with Crippen molar-refractivity contribution in [2.75, 3.05) is 13.2 Å². The SMILES string of the molecule is CCCCC/C=C\C/C=C\C/C=C\CC(O)C(O)CCCC(=O)O[C@H](COC(=O)CCCCCCCCCCCCC(C)CC)COP(=O)(O)O. The number of aliphatic hydroxyl groups excluding tert-OH is 2. The van der Waals surface area contributed by atoms with Gasteiger partial charge in [0.2, 0.25) is 0 Å². The number of aliphatic hydroxyl groups is 2. The number of esters is 2.